The van der Waals surface area contributed by atoms with Crippen LogP contribution in [-0.2, 0) is 4.79 Å². The number of hydrogen-bond acceptors (Lipinski definition) is 2. The number of anilines is 1. The van der Waals surface area contributed by atoms with Gasteiger partial charge in [0.1, 0.15) is 0 Å². The van der Waals surface area contributed by atoms with Crippen LogP contribution < -0.4 is 10.2 Å². The van der Waals surface area contributed by atoms with Crippen molar-refractivity contribution in [2.24, 2.45) is 0 Å². The smallest absolute Gasteiger partial charge is 0.279 e. The molecule has 20 heavy (non-hydrogen) atoms. The number of benzene rings is 1. The van der Waals surface area contributed by atoms with E-state index < -0.39 is 0 Å². The molecule has 0 aromatic heterocycles. The van der Waals surface area contributed by atoms with Crippen molar-refractivity contribution in [2.45, 2.75) is 32.6 Å². The lowest BCUT2D eigenvalue weighted by atomic mass is 10.1. The number of hydrogen-bond donors (Lipinski definition) is 2. The van der Waals surface area contributed by atoms with Gasteiger partial charge in [-0.3, -0.25) is 9.59 Å². The van der Waals surface area contributed by atoms with E-state index in [1.165, 1.54) is 37.5 Å². The van der Waals surface area contributed by atoms with Gasteiger partial charge in [0.25, 0.3) is 5.91 Å². The molecule has 0 saturated carbocycles. The summed E-state index contributed by atoms with van der Waals surface area (Å²) in [5, 5.41) is 2.88. The van der Waals surface area contributed by atoms with Gasteiger partial charge in [0, 0.05) is 5.56 Å². The maximum absolute atomic E-state index is 12.1. The van der Waals surface area contributed by atoms with Crippen LogP contribution in [0, 0.1) is 0 Å². The van der Waals surface area contributed by atoms with Gasteiger partial charge in [0.2, 0.25) is 0 Å². The number of ketones is 1. The minimum atomic E-state index is -0.0250. The van der Waals surface area contributed by atoms with Crippen molar-refractivity contribution in [3.05, 3.63) is 29.8 Å². The van der Waals surface area contributed by atoms with Crippen LogP contribution in [0.2, 0.25) is 0 Å². The van der Waals surface area contributed by atoms with E-state index in [-0.39, 0.29) is 11.7 Å². The van der Waals surface area contributed by atoms with Gasteiger partial charge < -0.3 is 10.2 Å². The lowest BCUT2D eigenvalue weighted by Crippen LogP contribution is -3.12. The van der Waals surface area contributed by atoms with Crippen molar-refractivity contribution in [3.8, 4) is 0 Å². The number of carbonyl (C=O) groups is 2. The highest BCUT2D eigenvalue weighted by atomic mass is 16.2. The standard InChI is InChI=1S/C16H22N2O2/c1-13(19)14-8-4-5-9-15(14)17-16(20)12-18-10-6-2-3-7-11-18/h4-5,8-9H,2-3,6-7,10-12H2,1H3,(H,17,20)/p+1. The second kappa shape index (κ2) is 7.20. The predicted octanol–water partition coefficient (Wildman–Crippen LogP) is 1.29. The number of quaternary nitrogens is 1. The summed E-state index contributed by atoms with van der Waals surface area (Å²) in [7, 11) is 0. The molecule has 0 spiro atoms. The van der Waals surface area contributed by atoms with Gasteiger partial charge in [-0.1, -0.05) is 12.1 Å². The molecule has 0 radical (unpaired) electrons. The molecule has 4 nitrogen and oxygen atoms in total. The third-order valence-electron chi connectivity index (χ3n) is 3.80. The maximum atomic E-state index is 12.1. The largest absolute Gasteiger partial charge is 0.327 e. The molecule has 0 bridgehead atoms. The molecular weight excluding hydrogens is 252 g/mol. The highest BCUT2D eigenvalue weighted by Crippen LogP contribution is 2.15. The van der Waals surface area contributed by atoms with E-state index in [1.807, 2.05) is 12.1 Å². The number of carbonyl (C=O) groups excluding carboxylic acids is 2. The zero-order valence-corrected chi connectivity index (χ0v) is 12.1. The summed E-state index contributed by atoms with van der Waals surface area (Å²) in [4.78, 5) is 25.0. The Bertz CT molecular complexity index is 477. The Kier molecular flexibility index (Phi) is 5.30. The lowest BCUT2D eigenvalue weighted by Gasteiger charge is -2.17. The number of likely N-dealkylation sites (tertiary alicyclic amines) is 1. The van der Waals surface area contributed by atoms with E-state index in [0.717, 1.165) is 13.1 Å². The number of amides is 1. The monoisotopic (exact) mass is 275 g/mol. The summed E-state index contributed by atoms with van der Waals surface area (Å²) >= 11 is 0. The van der Waals surface area contributed by atoms with Gasteiger partial charge in [-0.25, -0.2) is 0 Å². The van der Waals surface area contributed by atoms with Gasteiger partial charge in [-0.15, -0.1) is 0 Å². The molecule has 0 atom stereocenters. The Balaban J connectivity index is 1.95. The van der Waals surface area contributed by atoms with Gasteiger partial charge >= 0.3 is 0 Å². The molecule has 1 aromatic rings. The highest BCUT2D eigenvalue weighted by molar-refractivity contribution is 6.03. The zero-order valence-electron chi connectivity index (χ0n) is 12.1. The fraction of sp³-hybridized carbons (Fsp3) is 0.500. The average molecular weight is 275 g/mol. The Labute approximate surface area is 120 Å². The molecule has 1 aliphatic heterocycles. The molecule has 108 valence electrons. The second-order valence-electron chi connectivity index (χ2n) is 5.49. The van der Waals surface area contributed by atoms with Crippen molar-refractivity contribution in [2.75, 3.05) is 25.0 Å². The molecule has 2 N–H and O–H groups in total. The van der Waals surface area contributed by atoms with Gasteiger partial charge in [0.05, 0.1) is 18.8 Å². The fourth-order valence-electron chi connectivity index (χ4n) is 2.73. The van der Waals surface area contributed by atoms with E-state index >= 15 is 0 Å². The van der Waals surface area contributed by atoms with E-state index in [0.29, 0.717) is 17.8 Å². The summed E-state index contributed by atoms with van der Waals surface area (Å²) in [5.74, 6) is -0.0291. The van der Waals surface area contributed by atoms with Crippen LogP contribution in [0.1, 0.15) is 43.0 Å². The third kappa shape index (κ3) is 4.17. The zero-order chi connectivity index (χ0) is 14.4. The molecule has 1 heterocycles. The van der Waals surface area contributed by atoms with E-state index in [9.17, 15) is 9.59 Å². The van der Waals surface area contributed by atoms with E-state index in [4.69, 9.17) is 0 Å². The molecule has 1 amide bonds. The summed E-state index contributed by atoms with van der Waals surface area (Å²) < 4.78 is 0. The van der Waals surface area contributed by atoms with E-state index in [1.54, 1.807) is 12.1 Å². The van der Waals surface area contributed by atoms with Gasteiger partial charge in [0.15, 0.2) is 12.3 Å². The van der Waals surface area contributed by atoms with Crippen LogP contribution in [0.15, 0.2) is 24.3 Å². The minimum absolute atomic E-state index is 0.00407. The first-order valence-corrected chi connectivity index (χ1v) is 7.40. The van der Waals surface area contributed by atoms with Crippen LogP contribution >= 0.6 is 0 Å². The first kappa shape index (κ1) is 14.7. The summed E-state index contributed by atoms with van der Waals surface area (Å²) in [6.07, 6.45) is 4.95. The number of rotatable bonds is 4. The Hall–Kier alpha value is -1.68. The molecule has 1 aliphatic rings. The lowest BCUT2D eigenvalue weighted by molar-refractivity contribution is -0.890. The second-order valence-corrected chi connectivity index (χ2v) is 5.49. The molecule has 0 unspecified atom stereocenters. The molecule has 1 aromatic carbocycles. The van der Waals surface area contributed by atoms with Crippen molar-refractivity contribution in [1.82, 2.24) is 0 Å². The predicted molar refractivity (Wildman–Crippen MR) is 79.1 cm³/mol. The fourth-order valence-corrected chi connectivity index (χ4v) is 2.73. The molecule has 0 aliphatic carbocycles. The van der Waals surface area contributed by atoms with Crippen LogP contribution in [0.5, 0.6) is 0 Å². The van der Waals surface area contributed by atoms with Crippen LogP contribution in [0.25, 0.3) is 0 Å². The van der Waals surface area contributed by atoms with Crippen molar-refractivity contribution >= 4 is 17.4 Å². The molecular formula is C16H23N2O2+. The number of para-hydroxylation sites is 1. The maximum Gasteiger partial charge on any atom is 0.279 e. The summed E-state index contributed by atoms with van der Waals surface area (Å²) in [6, 6.07) is 7.18. The highest BCUT2D eigenvalue weighted by Gasteiger charge is 2.17. The van der Waals surface area contributed by atoms with Crippen LogP contribution in [0.3, 0.4) is 0 Å². The third-order valence-corrected chi connectivity index (χ3v) is 3.80. The number of Topliss-reactive ketones (excluding diaryl/α,β-unsaturated/α-hetero) is 1. The Morgan fingerprint density at radius 2 is 1.75 bits per heavy atom. The first-order chi connectivity index (χ1) is 9.66. The number of nitrogens with one attached hydrogen (secondary N) is 2. The van der Waals surface area contributed by atoms with Crippen LogP contribution in [0.4, 0.5) is 5.69 Å². The quantitative estimate of drug-likeness (QED) is 0.814. The Morgan fingerprint density at radius 1 is 1.10 bits per heavy atom. The summed E-state index contributed by atoms with van der Waals surface area (Å²) in [6.45, 7) is 4.15. The van der Waals surface area contributed by atoms with Gasteiger partial charge in [-0.2, -0.15) is 0 Å². The van der Waals surface area contributed by atoms with Crippen molar-refractivity contribution in [3.63, 3.8) is 0 Å². The van der Waals surface area contributed by atoms with Crippen molar-refractivity contribution < 1.29 is 14.5 Å². The first-order valence-electron chi connectivity index (χ1n) is 7.40. The molecule has 2 rings (SSSR count). The summed E-state index contributed by atoms with van der Waals surface area (Å²) in [5.41, 5.74) is 1.20. The molecule has 1 fully saturated rings. The van der Waals surface area contributed by atoms with E-state index in [2.05, 4.69) is 5.32 Å². The SMILES string of the molecule is CC(=O)c1ccccc1NC(=O)C[NH+]1CCCCCC1. The van der Waals surface area contributed by atoms with Gasteiger partial charge in [-0.05, 0) is 44.7 Å². The van der Waals surface area contributed by atoms with Crippen LogP contribution in [-0.4, -0.2) is 31.3 Å². The van der Waals surface area contributed by atoms with Crippen molar-refractivity contribution in [1.29, 1.82) is 0 Å². The average Bonchev–Trinajstić information content (AvgIpc) is 2.67. The normalized spacial score (nSPS) is 16.4. The molecule has 4 heteroatoms. The Morgan fingerprint density at radius 3 is 2.40 bits per heavy atom. The topological polar surface area (TPSA) is 50.6 Å². The minimum Gasteiger partial charge on any atom is -0.327 e. The molecule has 1 saturated heterocycles.